The van der Waals surface area contributed by atoms with Gasteiger partial charge in [-0.25, -0.2) is 4.98 Å². The molecule has 10 aromatic carbocycles. The van der Waals surface area contributed by atoms with E-state index in [0.29, 0.717) is 22.8 Å². The van der Waals surface area contributed by atoms with Crippen LogP contribution in [0.3, 0.4) is 0 Å². The molecule has 0 radical (unpaired) electrons. The summed E-state index contributed by atoms with van der Waals surface area (Å²) >= 11 is 1.99. The van der Waals surface area contributed by atoms with E-state index < -0.39 is 8.07 Å². The molecular formula is C68H50N4SSi. The number of hydrogen-bond donors (Lipinski definition) is 0. The zero-order chi connectivity index (χ0) is 49.5. The van der Waals surface area contributed by atoms with Crippen molar-refractivity contribution in [1.82, 2.24) is 19.5 Å². The van der Waals surface area contributed by atoms with Crippen LogP contribution in [0, 0.1) is 0 Å². The van der Waals surface area contributed by atoms with E-state index in [0.717, 1.165) is 49.8 Å². The van der Waals surface area contributed by atoms with Crippen LogP contribution in [0.2, 0.25) is 13.1 Å². The van der Waals surface area contributed by atoms with Gasteiger partial charge in [0.25, 0.3) is 0 Å². The van der Waals surface area contributed by atoms with E-state index in [-0.39, 0.29) is 5.41 Å². The van der Waals surface area contributed by atoms with Crippen molar-refractivity contribution in [2.45, 2.75) is 35.6 Å². The molecule has 12 aromatic rings. The molecule has 0 fully saturated rings. The predicted molar refractivity (Wildman–Crippen MR) is 315 cm³/mol. The molecule has 0 amide bonds. The lowest BCUT2D eigenvalue weighted by Gasteiger charge is -2.29. The lowest BCUT2D eigenvalue weighted by Crippen LogP contribution is -2.52. The van der Waals surface area contributed by atoms with Crippen molar-refractivity contribution >= 4 is 73.6 Å². The standard InChI is InChI=1S/C68H50N4SSi/c1-68-37-18-17-32-62(68)73-61-43-57(55-30-15-16-31-56(55)64(61)68)48-34-35-59-58(42-48)63-54-29-14-13-22-45(54)33-36-60(63)72(59)67-70-65(46-23-9-5-10-24-46)69-66(71-67)51-39-49(44-20-7-4-8-21-44)38-50(40-51)47-25-19-28-53(41-47)74(2,3)52-26-11-6-12-27-52/h4-43,62H,1-3H3. The van der Waals surface area contributed by atoms with E-state index in [2.05, 4.69) is 261 Å². The van der Waals surface area contributed by atoms with Crippen LogP contribution in [0.15, 0.2) is 248 Å². The maximum Gasteiger partial charge on any atom is 0.238 e. The zero-order valence-electron chi connectivity index (χ0n) is 41.4. The summed E-state index contributed by atoms with van der Waals surface area (Å²) in [4.78, 5) is 17.7. The van der Waals surface area contributed by atoms with Crippen LogP contribution in [-0.4, -0.2) is 32.8 Å². The Labute approximate surface area is 436 Å². The van der Waals surface area contributed by atoms with E-state index in [1.54, 1.807) is 0 Å². The number of thioether (sulfide) groups is 1. The summed E-state index contributed by atoms with van der Waals surface area (Å²) < 4.78 is 2.26. The first-order chi connectivity index (χ1) is 36.3. The Bertz CT molecular complexity index is 4270. The number of hydrogen-bond acceptors (Lipinski definition) is 4. The second kappa shape index (κ2) is 17.4. The first-order valence-electron chi connectivity index (χ1n) is 25.5. The molecule has 0 N–H and O–H groups in total. The number of fused-ring (bicyclic) bond motifs is 10. The van der Waals surface area contributed by atoms with Crippen molar-refractivity contribution in [3.8, 4) is 62.1 Å². The van der Waals surface area contributed by atoms with Gasteiger partial charge in [-0.2, -0.15) is 9.97 Å². The minimum absolute atomic E-state index is 0.0677. The van der Waals surface area contributed by atoms with Gasteiger partial charge in [0.15, 0.2) is 11.6 Å². The molecule has 1 aliphatic heterocycles. The first kappa shape index (κ1) is 44.3. The summed E-state index contributed by atoms with van der Waals surface area (Å²) in [6, 6.07) is 79.6. The molecule has 2 aromatic heterocycles. The van der Waals surface area contributed by atoms with Crippen LogP contribution in [0.1, 0.15) is 12.5 Å². The minimum Gasteiger partial charge on any atom is -0.278 e. The zero-order valence-corrected chi connectivity index (χ0v) is 43.2. The molecule has 14 rings (SSSR count). The average molecular weight is 983 g/mol. The van der Waals surface area contributed by atoms with Gasteiger partial charge in [-0.15, -0.1) is 11.8 Å². The van der Waals surface area contributed by atoms with Crippen LogP contribution < -0.4 is 10.4 Å². The third-order valence-corrected chi connectivity index (χ3v) is 20.8. The van der Waals surface area contributed by atoms with Gasteiger partial charge in [-0.1, -0.05) is 231 Å². The highest BCUT2D eigenvalue weighted by molar-refractivity contribution is 8.00. The van der Waals surface area contributed by atoms with Gasteiger partial charge in [0.05, 0.1) is 11.0 Å². The Hall–Kier alpha value is -8.42. The molecular weight excluding hydrogens is 933 g/mol. The average Bonchev–Trinajstić information content (AvgIpc) is 3.97. The Balaban J connectivity index is 0.990. The number of nitrogens with zero attached hydrogens (tertiary/aromatic N) is 4. The molecule has 0 bridgehead atoms. The highest BCUT2D eigenvalue weighted by atomic mass is 32.2. The summed E-state index contributed by atoms with van der Waals surface area (Å²) in [5.41, 5.74) is 12.2. The van der Waals surface area contributed by atoms with Crippen molar-refractivity contribution in [3.05, 3.63) is 248 Å². The predicted octanol–water partition coefficient (Wildman–Crippen LogP) is 16.3. The summed E-state index contributed by atoms with van der Waals surface area (Å²) in [7, 11) is -2.01. The molecule has 2 aliphatic rings. The number of benzene rings is 10. The number of aromatic nitrogens is 4. The molecule has 3 heterocycles. The molecule has 6 heteroatoms. The lowest BCUT2D eigenvalue weighted by molar-refractivity contribution is 0.626. The molecule has 4 nitrogen and oxygen atoms in total. The van der Waals surface area contributed by atoms with Crippen molar-refractivity contribution in [1.29, 1.82) is 0 Å². The van der Waals surface area contributed by atoms with E-state index in [9.17, 15) is 0 Å². The van der Waals surface area contributed by atoms with Gasteiger partial charge < -0.3 is 0 Å². The van der Waals surface area contributed by atoms with Crippen molar-refractivity contribution in [2.24, 2.45) is 0 Å². The number of allylic oxidation sites excluding steroid dienone is 3. The smallest absolute Gasteiger partial charge is 0.238 e. The molecule has 74 heavy (non-hydrogen) atoms. The molecule has 2 unspecified atom stereocenters. The minimum atomic E-state index is -2.01. The van der Waals surface area contributed by atoms with E-state index in [1.807, 2.05) is 17.8 Å². The summed E-state index contributed by atoms with van der Waals surface area (Å²) in [5, 5.41) is 10.4. The molecule has 0 saturated carbocycles. The van der Waals surface area contributed by atoms with Gasteiger partial charge in [0.2, 0.25) is 5.95 Å². The van der Waals surface area contributed by atoms with Gasteiger partial charge in [0.1, 0.15) is 8.07 Å². The van der Waals surface area contributed by atoms with Crippen LogP contribution >= 0.6 is 11.8 Å². The third kappa shape index (κ3) is 7.23. The van der Waals surface area contributed by atoms with Crippen molar-refractivity contribution in [2.75, 3.05) is 0 Å². The summed E-state index contributed by atoms with van der Waals surface area (Å²) in [6.45, 7) is 7.28. The Morgan fingerprint density at radius 3 is 1.86 bits per heavy atom. The topological polar surface area (TPSA) is 43.6 Å². The van der Waals surface area contributed by atoms with Crippen LogP contribution in [0.4, 0.5) is 0 Å². The van der Waals surface area contributed by atoms with Gasteiger partial charge in [0, 0.05) is 37.5 Å². The van der Waals surface area contributed by atoms with Gasteiger partial charge in [-0.3, -0.25) is 4.57 Å². The molecule has 0 saturated heterocycles. The summed E-state index contributed by atoms with van der Waals surface area (Å²) in [6.07, 6.45) is 9.19. The molecule has 352 valence electrons. The van der Waals surface area contributed by atoms with Crippen molar-refractivity contribution < 1.29 is 0 Å². The van der Waals surface area contributed by atoms with Crippen LogP contribution in [0.5, 0.6) is 0 Å². The van der Waals surface area contributed by atoms with Crippen LogP contribution in [-0.2, 0) is 5.41 Å². The fourth-order valence-corrected chi connectivity index (χ4v) is 15.7. The Kier molecular flexibility index (Phi) is 10.4. The largest absolute Gasteiger partial charge is 0.278 e. The normalized spacial score (nSPS) is 16.1. The second-order valence-corrected chi connectivity index (χ2v) is 26.1. The monoisotopic (exact) mass is 982 g/mol. The van der Waals surface area contributed by atoms with Crippen LogP contribution in [0.25, 0.3) is 105 Å². The fourth-order valence-electron chi connectivity index (χ4n) is 11.8. The van der Waals surface area contributed by atoms with Gasteiger partial charge >= 0.3 is 0 Å². The molecule has 1 aliphatic carbocycles. The van der Waals surface area contributed by atoms with Gasteiger partial charge in [-0.05, 0) is 103 Å². The molecule has 2 atom stereocenters. The maximum absolute atomic E-state index is 5.55. The van der Waals surface area contributed by atoms with E-state index in [1.165, 1.54) is 58.9 Å². The SMILES string of the molecule is CC12C=CC=CC1Sc1cc(-c3ccc4c(c3)c3c5ccccc5ccc3n4-c3nc(-c4ccccc4)nc(-c4cc(-c5ccccc5)cc(-c5cccc([Si](C)(C)c6ccccc6)c5)c4)n3)c3ccccc3c12. The van der Waals surface area contributed by atoms with E-state index >= 15 is 0 Å². The fraction of sp³-hybridized carbons (Fsp3) is 0.0735. The first-order valence-corrected chi connectivity index (χ1v) is 29.4. The van der Waals surface area contributed by atoms with E-state index in [4.69, 9.17) is 15.0 Å². The second-order valence-electron chi connectivity index (χ2n) is 20.5. The quantitative estimate of drug-likeness (QED) is 0.142. The maximum atomic E-state index is 5.55. The Morgan fingerprint density at radius 1 is 0.459 bits per heavy atom. The highest BCUT2D eigenvalue weighted by Gasteiger charge is 2.43. The molecule has 0 spiro atoms. The third-order valence-electron chi connectivity index (χ3n) is 15.8. The summed E-state index contributed by atoms with van der Waals surface area (Å²) in [5.74, 6) is 1.79. The Morgan fingerprint density at radius 2 is 1.08 bits per heavy atom. The van der Waals surface area contributed by atoms with Crippen molar-refractivity contribution in [3.63, 3.8) is 0 Å². The highest BCUT2D eigenvalue weighted by Crippen LogP contribution is 2.56. The lowest BCUT2D eigenvalue weighted by atomic mass is 9.74. The number of rotatable bonds is 8.